The SMILES string of the molecule is CCCCCCCCCCCCCCCCCCCCC=CC(CC(=O)O)C(=O)O.[H-].[Li+]. The number of hydrogen-bond donors (Lipinski definition) is 2. The van der Waals surface area contributed by atoms with Gasteiger partial charge in [0.25, 0.3) is 0 Å². The van der Waals surface area contributed by atoms with E-state index in [0.29, 0.717) is 0 Å². The Labute approximate surface area is 205 Å². The molecule has 1 unspecified atom stereocenters. The van der Waals surface area contributed by atoms with Crippen molar-refractivity contribution < 1.29 is 40.1 Å². The van der Waals surface area contributed by atoms with Crippen LogP contribution in [0.15, 0.2) is 12.2 Å². The van der Waals surface area contributed by atoms with Crippen molar-refractivity contribution in [3.63, 3.8) is 0 Å². The molecule has 0 fully saturated rings. The number of aliphatic carboxylic acids is 2. The second-order valence-electron chi connectivity index (χ2n) is 8.77. The zero-order chi connectivity index (χ0) is 22.3. The van der Waals surface area contributed by atoms with E-state index in [1.165, 1.54) is 115 Å². The summed E-state index contributed by atoms with van der Waals surface area (Å²) in [6.45, 7) is 2.27. The summed E-state index contributed by atoms with van der Waals surface area (Å²) in [7, 11) is 0. The summed E-state index contributed by atoms with van der Waals surface area (Å²) in [5.41, 5.74) is 0. The van der Waals surface area contributed by atoms with E-state index in [-0.39, 0.29) is 26.7 Å². The maximum absolute atomic E-state index is 11.0. The Kier molecular flexibility index (Phi) is 26.7. The molecule has 5 heteroatoms. The normalized spacial score (nSPS) is 12.0. The van der Waals surface area contributed by atoms with Gasteiger partial charge < -0.3 is 11.6 Å². The molecule has 0 saturated heterocycles. The second kappa shape index (κ2) is 25.5. The summed E-state index contributed by atoms with van der Waals surface area (Å²) in [5.74, 6) is -3.04. The maximum Gasteiger partial charge on any atom is 1.00 e. The van der Waals surface area contributed by atoms with Crippen LogP contribution in [-0.4, -0.2) is 22.2 Å². The third-order valence-corrected chi connectivity index (χ3v) is 5.80. The largest absolute Gasteiger partial charge is 1.00 e. The fourth-order valence-electron chi connectivity index (χ4n) is 3.85. The summed E-state index contributed by atoms with van der Waals surface area (Å²) in [5, 5.41) is 17.7. The van der Waals surface area contributed by atoms with Crippen LogP contribution in [-0.2, 0) is 9.59 Å². The first-order chi connectivity index (χ1) is 14.6. The monoisotopic (exact) mass is 432 g/mol. The van der Waals surface area contributed by atoms with Crippen molar-refractivity contribution in [2.75, 3.05) is 0 Å². The van der Waals surface area contributed by atoms with Gasteiger partial charge in [0, 0.05) is 0 Å². The van der Waals surface area contributed by atoms with Gasteiger partial charge in [0.1, 0.15) is 0 Å². The van der Waals surface area contributed by atoms with E-state index in [1.807, 2.05) is 6.08 Å². The third-order valence-electron chi connectivity index (χ3n) is 5.80. The van der Waals surface area contributed by atoms with Crippen LogP contribution in [0.4, 0.5) is 0 Å². The van der Waals surface area contributed by atoms with Crippen LogP contribution in [0, 0.1) is 5.92 Å². The van der Waals surface area contributed by atoms with Gasteiger partial charge >= 0.3 is 30.8 Å². The Morgan fingerprint density at radius 1 is 0.677 bits per heavy atom. The van der Waals surface area contributed by atoms with Gasteiger partial charge in [-0.25, -0.2) is 0 Å². The second-order valence-corrected chi connectivity index (χ2v) is 8.77. The molecule has 0 heterocycles. The summed E-state index contributed by atoms with van der Waals surface area (Å²) in [6.07, 6.45) is 28.2. The average molecular weight is 433 g/mol. The van der Waals surface area contributed by atoms with Crippen molar-refractivity contribution >= 4 is 11.9 Å². The van der Waals surface area contributed by atoms with E-state index in [9.17, 15) is 9.59 Å². The molecule has 178 valence electrons. The first kappa shape index (κ1) is 32.5. The smallest absolute Gasteiger partial charge is 1.00 e. The van der Waals surface area contributed by atoms with Gasteiger partial charge in [-0.2, -0.15) is 0 Å². The van der Waals surface area contributed by atoms with E-state index >= 15 is 0 Å². The van der Waals surface area contributed by atoms with E-state index in [2.05, 4.69) is 6.92 Å². The van der Waals surface area contributed by atoms with Gasteiger partial charge in [-0.15, -0.1) is 0 Å². The minimum atomic E-state index is -1.07. The van der Waals surface area contributed by atoms with Gasteiger partial charge in [0.05, 0.1) is 12.3 Å². The molecule has 0 aromatic heterocycles. The molecule has 0 saturated carbocycles. The standard InChI is InChI=1S/C26H48O4.Li.H/c1-2-3-4-5-6-7-8-9-10-11-12-13-14-15-16-17-18-19-20-21-22-24(26(29)30)23-25(27)28;;/h21-22,24H,2-20,23H2,1H3,(H,27,28)(H,29,30);;/q;+1;-1. The maximum atomic E-state index is 11.0. The molecule has 1 atom stereocenters. The Morgan fingerprint density at radius 3 is 1.35 bits per heavy atom. The molecule has 0 rings (SSSR count). The van der Waals surface area contributed by atoms with Crippen LogP contribution in [0.2, 0.25) is 0 Å². The molecule has 0 radical (unpaired) electrons. The van der Waals surface area contributed by atoms with Crippen LogP contribution >= 0.6 is 0 Å². The summed E-state index contributed by atoms with van der Waals surface area (Å²) in [6, 6.07) is 0. The fraction of sp³-hybridized carbons (Fsp3) is 0.846. The summed E-state index contributed by atoms with van der Waals surface area (Å²) < 4.78 is 0. The molecule has 0 spiro atoms. The van der Waals surface area contributed by atoms with Crippen molar-refractivity contribution in [3.05, 3.63) is 12.2 Å². The average Bonchev–Trinajstić information content (AvgIpc) is 2.71. The first-order valence-corrected chi connectivity index (χ1v) is 12.7. The zero-order valence-electron chi connectivity index (χ0n) is 21.6. The third kappa shape index (κ3) is 25.4. The van der Waals surface area contributed by atoms with Gasteiger partial charge in [-0.1, -0.05) is 128 Å². The molecule has 31 heavy (non-hydrogen) atoms. The molecular formula is C26H49LiO4. The fourth-order valence-corrected chi connectivity index (χ4v) is 3.85. The van der Waals surface area contributed by atoms with E-state index in [4.69, 9.17) is 10.2 Å². The molecule has 2 N–H and O–H groups in total. The molecule has 0 aromatic rings. The van der Waals surface area contributed by atoms with Crippen LogP contribution in [0.5, 0.6) is 0 Å². The van der Waals surface area contributed by atoms with Gasteiger partial charge in [-0.3, -0.25) is 9.59 Å². The predicted octanol–water partition coefficient (Wildman–Crippen LogP) is 5.27. The van der Waals surface area contributed by atoms with Crippen molar-refractivity contribution in [3.8, 4) is 0 Å². The summed E-state index contributed by atoms with van der Waals surface area (Å²) >= 11 is 0. The van der Waals surface area contributed by atoms with Crippen LogP contribution < -0.4 is 18.9 Å². The Hall–Kier alpha value is -0.723. The molecule has 0 amide bonds. The molecule has 0 bridgehead atoms. The Bertz CT molecular complexity index is 444. The molecule has 0 aliphatic rings. The Balaban J connectivity index is -0.00000420. The number of rotatable bonds is 23. The van der Waals surface area contributed by atoms with Crippen molar-refractivity contribution in [2.24, 2.45) is 5.92 Å². The van der Waals surface area contributed by atoms with Crippen LogP contribution in [0.1, 0.15) is 137 Å². The van der Waals surface area contributed by atoms with Crippen LogP contribution in [0.25, 0.3) is 0 Å². The summed E-state index contributed by atoms with van der Waals surface area (Å²) in [4.78, 5) is 21.6. The number of carboxylic acid groups (broad SMARTS) is 2. The van der Waals surface area contributed by atoms with E-state index < -0.39 is 17.9 Å². The first-order valence-electron chi connectivity index (χ1n) is 12.7. The molecule has 0 aromatic carbocycles. The molecule has 0 aliphatic carbocycles. The van der Waals surface area contributed by atoms with Crippen molar-refractivity contribution in [1.82, 2.24) is 0 Å². The number of carboxylic acids is 2. The van der Waals surface area contributed by atoms with Gasteiger partial charge in [0.15, 0.2) is 0 Å². The van der Waals surface area contributed by atoms with Crippen molar-refractivity contribution in [2.45, 2.75) is 135 Å². The Morgan fingerprint density at radius 2 is 1.03 bits per heavy atom. The predicted molar refractivity (Wildman–Crippen MR) is 127 cm³/mol. The number of allylic oxidation sites excluding steroid dienone is 1. The zero-order valence-corrected chi connectivity index (χ0v) is 20.6. The number of hydrogen-bond acceptors (Lipinski definition) is 2. The van der Waals surface area contributed by atoms with Crippen LogP contribution in [0.3, 0.4) is 0 Å². The van der Waals surface area contributed by atoms with Gasteiger partial charge in [-0.05, 0) is 12.8 Å². The van der Waals surface area contributed by atoms with Gasteiger partial charge in [0.2, 0.25) is 0 Å². The minimum absolute atomic E-state index is 0. The topological polar surface area (TPSA) is 74.6 Å². The molecule has 0 aliphatic heterocycles. The quantitative estimate of drug-likeness (QED) is 0.131. The van der Waals surface area contributed by atoms with Crippen molar-refractivity contribution in [1.29, 1.82) is 0 Å². The van der Waals surface area contributed by atoms with E-state index in [1.54, 1.807) is 0 Å². The molecular weight excluding hydrogens is 383 g/mol. The number of carbonyl (C=O) groups is 2. The molecule has 4 nitrogen and oxygen atoms in total. The van der Waals surface area contributed by atoms with E-state index in [0.717, 1.165) is 12.8 Å². The minimum Gasteiger partial charge on any atom is -1.00 e. The number of unbranched alkanes of at least 4 members (excludes halogenated alkanes) is 18.